The van der Waals surface area contributed by atoms with E-state index in [2.05, 4.69) is 13.2 Å². The number of alkyl halides is 5. The van der Waals surface area contributed by atoms with Crippen LogP contribution in [0.25, 0.3) is 11.1 Å². The highest BCUT2D eigenvalue weighted by Crippen LogP contribution is 2.38. The number of hydrogen-bond acceptors (Lipinski definition) is 0. The molecule has 1 aliphatic carbocycles. The highest BCUT2D eigenvalue weighted by molar-refractivity contribution is 5.71. The summed E-state index contributed by atoms with van der Waals surface area (Å²) in [4.78, 5) is 0. The van der Waals surface area contributed by atoms with Gasteiger partial charge in [0.25, 0.3) is 5.92 Å². The zero-order valence-electron chi connectivity index (χ0n) is 14.7. The molecule has 2 aromatic carbocycles. The number of allylic oxidation sites excluding steroid dienone is 2. The van der Waals surface area contributed by atoms with E-state index in [1.54, 1.807) is 24.3 Å². The van der Waals surface area contributed by atoms with E-state index in [4.69, 9.17) is 0 Å². The van der Waals surface area contributed by atoms with E-state index >= 15 is 0 Å². The zero-order chi connectivity index (χ0) is 19.8. The second-order valence-electron chi connectivity index (χ2n) is 6.94. The molecule has 0 nitrogen and oxygen atoms in total. The third kappa shape index (κ3) is 4.29. The maximum Gasteiger partial charge on any atom is 0.416 e. The molecular weight excluding hydrogens is 359 g/mol. The van der Waals surface area contributed by atoms with E-state index in [-0.39, 0.29) is 18.4 Å². The Hall–Kier alpha value is -2.43. The van der Waals surface area contributed by atoms with Gasteiger partial charge in [-0.15, -0.1) is 0 Å². The fourth-order valence-corrected chi connectivity index (χ4v) is 3.42. The fourth-order valence-electron chi connectivity index (χ4n) is 3.42. The van der Waals surface area contributed by atoms with E-state index in [9.17, 15) is 22.0 Å². The van der Waals surface area contributed by atoms with Crippen molar-refractivity contribution in [2.24, 2.45) is 0 Å². The first-order chi connectivity index (χ1) is 12.6. The summed E-state index contributed by atoms with van der Waals surface area (Å²) in [5.41, 5.74) is 2.42. The van der Waals surface area contributed by atoms with Crippen LogP contribution >= 0.6 is 0 Å². The van der Waals surface area contributed by atoms with Crippen molar-refractivity contribution in [3.63, 3.8) is 0 Å². The Balaban J connectivity index is 1.70. The SMILES string of the molecule is C=C(CCC(=C)c1ccccc1C(F)(F)F)c1ccc2c(c1)CC(F)(F)C2. The quantitative estimate of drug-likeness (QED) is 0.494. The topological polar surface area (TPSA) is 0 Å². The van der Waals surface area contributed by atoms with Gasteiger partial charge >= 0.3 is 6.18 Å². The molecule has 0 aliphatic heterocycles. The Morgan fingerprint density at radius 3 is 2.22 bits per heavy atom. The summed E-state index contributed by atoms with van der Waals surface area (Å²) in [6, 6.07) is 10.5. The van der Waals surface area contributed by atoms with Crippen LogP contribution in [-0.4, -0.2) is 5.92 Å². The molecule has 0 bridgehead atoms. The fraction of sp³-hybridized carbons (Fsp3) is 0.273. The molecule has 0 saturated heterocycles. The van der Waals surface area contributed by atoms with Crippen molar-refractivity contribution in [1.29, 1.82) is 0 Å². The summed E-state index contributed by atoms with van der Waals surface area (Å²) >= 11 is 0. The molecule has 5 heteroatoms. The molecule has 0 fully saturated rings. The van der Waals surface area contributed by atoms with Crippen LogP contribution in [0, 0.1) is 0 Å². The van der Waals surface area contributed by atoms with Gasteiger partial charge < -0.3 is 0 Å². The van der Waals surface area contributed by atoms with Gasteiger partial charge in [0.2, 0.25) is 0 Å². The van der Waals surface area contributed by atoms with Gasteiger partial charge in [0, 0.05) is 12.8 Å². The van der Waals surface area contributed by atoms with E-state index in [0.29, 0.717) is 35.1 Å². The Morgan fingerprint density at radius 2 is 1.52 bits per heavy atom. The van der Waals surface area contributed by atoms with Gasteiger partial charge in [0.05, 0.1) is 5.56 Å². The molecule has 0 N–H and O–H groups in total. The van der Waals surface area contributed by atoms with Crippen LogP contribution < -0.4 is 0 Å². The number of rotatable bonds is 5. The molecule has 0 heterocycles. The molecule has 27 heavy (non-hydrogen) atoms. The van der Waals surface area contributed by atoms with Crippen molar-refractivity contribution >= 4 is 11.1 Å². The van der Waals surface area contributed by atoms with E-state index < -0.39 is 17.7 Å². The first kappa shape index (κ1) is 19.3. The van der Waals surface area contributed by atoms with Crippen molar-refractivity contribution in [1.82, 2.24) is 0 Å². The first-order valence-corrected chi connectivity index (χ1v) is 8.59. The molecule has 0 aromatic heterocycles. The van der Waals surface area contributed by atoms with E-state index in [1.807, 2.05) is 0 Å². The summed E-state index contributed by atoms with van der Waals surface area (Å²) in [6.45, 7) is 7.77. The van der Waals surface area contributed by atoms with Crippen LogP contribution in [0.3, 0.4) is 0 Å². The predicted octanol–water partition coefficient (Wildman–Crippen LogP) is 6.95. The van der Waals surface area contributed by atoms with Crippen molar-refractivity contribution < 1.29 is 22.0 Å². The number of fused-ring (bicyclic) bond motifs is 1. The molecule has 0 unspecified atom stereocenters. The normalized spacial score (nSPS) is 15.4. The molecule has 0 spiro atoms. The summed E-state index contributed by atoms with van der Waals surface area (Å²) < 4.78 is 66.5. The minimum atomic E-state index is -4.44. The number of benzene rings is 2. The minimum absolute atomic E-state index is 0.0754. The van der Waals surface area contributed by atoms with Gasteiger partial charge in [-0.2, -0.15) is 13.2 Å². The van der Waals surface area contributed by atoms with Crippen molar-refractivity contribution in [2.45, 2.75) is 37.8 Å². The monoisotopic (exact) mass is 378 g/mol. The van der Waals surface area contributed by atoms with Crippen LogP contribution in [0.5, 0.6) is 0 Å². The lowest BCUT2D eigenvalue weighted by molar-refractivity contribution is -0.137. The van der Waals surface area contributed by atoms with E-state index in [0.717, 1.165) is 11.6 Å². The minimum Gasteiger partial charge on any atom is -0.206 e. The molecule has 1 aliphatic rings. The lowest BCUT2D eigenvalue weighted by atomic mass is 9.93. The lowest BCUT2D eigenvalue weighted by Crippen LogP contribution is -2.14. The third-order valence-electron chi connectivity index (χ3n) is 4.85. The summed E-state index contributed by atoms with van der Waals surface area (Å²) in [5.74, 6) is -2.71. The van der Waals surface area contributed by atoms with Crippen LogP contribution in [0.1, 0.15) is 40.7 Å². The first-order valence-electron chi connectivity index (χ1n) is 8.59. The largest absolute Gasteiger partial charge is 0.416 e. The lowest BCUT2D eigenvalue weighted by Gasteiger charge is -2.15. The third-order valence-corrected chi connectivity index (χ3v) is 4.85. The summed E-state index contributed by atoms with van der Waals surface area (Å²) in [7, 11) is 0. The van der Waals surface area contributed by atoms with Crippen molar-refractivity contribution in [2.75, 3.05) is 0 Å². The smallest absolute Gasteiger partial charge is 0.206 e. The Labute approximate surface area is 155 Å². The van der Waals surface area contributed by atoms with Crippen LogP contribution in [-0.2, 0) is 19.0 Å². The van der Waals surface area contributed by atoms with Crippen molar-refractivity contribution in [3.05, 3.63) is 83.4 Å². The van der Waals surface area contributed by atoms with E-state index in [1.165, 1.54) is 12.1 Å². The molecule has 0 saturated carbocycles. The van der Waals surface area contributed by atoms with Crippen LogP contribution in [0.2, 0.25) is 0 Å². The maximum absolute atomic E-state index is 13.5. The van der Waals surface area contributed by atoms with Crippen LogP contribution in [0.4, 0.5) is 22.0 Å². The summed E-state index contributed by atoms with van der Waals surface area (Å²) in [5, 5.41) is 0. The second-order valence-corrected chi connectivity index (χ2v) is 6.94. The molecule has 0 amide bonds. The average Bonchev–Trinajstić information content (AvgIpc) is 2.91. The predicted molar refractivity (Wildman–Crippen MR) is 97.5 cm³/mol. The molecule has 0 radical (unpaired) electrons. The molecule has 142 valence electrons. The number of hydrogen-bond donors (Lipinski definition) is 0. The Bertz CT molecular complexity index is 890. The molecule has 2 aromatic rings. The van der Waals surface area contributed by atoms with Gasteiger partial charge in [-0.1, -0.05) is 49.6 Å². The van der Waals surface area contributed by atoms with Gasteiger partial charge in [-0.05, 0) is 52.3 Å². The Kier molecular flexibility index (Phi) is 4.98. The molecular formula is C22H19F5. The highest BCUT2D eigenvalue weighted by Gasteiger charge is 2.37. The van der Waals surface area contributed by atoms with Gasteiger partial charge in [0.1, 0.15) is 0 Å². The molecule has 3 rings (SSSR count). The number of halogens is 5. The standard InChI is InChI=1S/C22H19F5/c1-14(16-9-10-17-12-21(23,24)13-18(17)11-16)7-8-15(2)19-5-3-4-6-20(19)22(25,26)27/h3-6,9-11H,1-2,7-8,12-13H2. The maximum atomic E-state index is 13.5. The van der Waals surface area contributed by atoms with Gasteiger partial charge in [-0.25, -0.2) is 8.78 Å². The second kappa shape index (κ2) is 6.95. The Morgan fingerprint density at radius 1 is 0.889 bits per heavy atom. The highest BCUT2D eigenvalue weighted by atomic mass is 19.4. The average molecular weight is 378 g/mol. The zero-order valence-corrected chi connectivity index (χ0v) is 14.7. The van der Waals surface area contributed by atoms with Gasteiger partial charge in [-0.3, -0.25) is 0 Å². The van der Waals surface area contributed by atoms with Gasteiger partial charge in [0.15, 0.2) is 0 Å². The summed E-state index contributed by atoms with van der Waals surface area (Å²) in [6.07, 6.45) is -4.27. The van der Waals surface area contributed by atoms with Crippen molar-refractivity contribution in [3.8, 4) is 0 Å². The molecule has 0 atom stereocenters. The van der Waals surface area contributed by atoms with Crippen LogP contribution in [0.15, 0.2) is 55.6 Å².